The van der Waals surface area contributed by atoms with Crippen molar-refractivity contribution in [1.29, 1.82) is 0 Å². The molecule has 166 valence electrons. The zero-order chi connectivity index (χ0) is 22.2. The highest BCUT2D eigenvalue weighted by atomic mass is 32.2. The molecule has 2 aromatic carbocycles. The minimum atomic E-state index is -0.236. The van der Waals surface area contributed by atoms with Gasteiger partial charge >= 0.3 is 0 Å². The maximum atomic E-state index is 13.1. The van der Waals surface area contributed by atoms with E-state index in [2.05, 4.69) is 4.90 Å². The van der Waals surface area contributed by atoms with Crippen molar-refractivity contribution in [3.8, 4) is 5.75 Å². The van der Waals surface area contributed by atoms with E-state index in [-0.39, 0.29) is 11.7 Å². The van der Waals surface area contributed by atoms with E-state index < -0.39 is 0 Å². The third kappa shape index (κ3) is 6.66. The van der Waals surface area contributed by atoms with Crippen LogP contribution in [0.25, 0.3) is 10.2 Å². The van der Waals surface area contributed by atoms with Crippen molar-refractivity contribution in [3.05, 3.63) is 48.3 Å². The second-order valence-corrected chi connectivity index (χ2v) is 9.59. The van der Waals surface area contributed by atoms with Crippen LogP contribution in [0.15, 0.2) is 47.4 Å². The van der Waals surface area contributed by atoms with Crippen LogP contribution in [-0.4, -0.2) is 55.8 Å². The molecule has 0 aliphatic rings. The second-order valence-electron chi connectivity index (χ2n) is 7.41. The Morgan fingerprint density at radius 3 is 2.61 bits per heavy atom. The molecule has 3 aromatic rings. The predicted molar refractivity (Wildman–Crippen MR) is 128 cm³/mol. The van der Waals surface area contributed by atoms with Gasteiger partial charge in [-0.3, -0.25) is 9.69 Å². The lowest BCUT2D eigenvalue weighted by Crippen LogP contribution is -2.33. The first-order valence-corrected chi connectivity index (χ1v) is 12.0. The molecule has 0 aliphatic carbocycles. The molecule has 0 N–H and O–H groups in total. The number of anilines is 1. The number of thiazole rings is 1. The van der Waals surface area contributed by atoms with E-state index in [4.69, 9.17) is 9.72 Å². The maximum absolute atomic E-state index is 13.1. The summed E-state index contributed by atoms with van der Waals surface area (Å²) >= 11 is 3.15. The molecule has 5 nitrogen and oxygen atoms in total. The van der Waals surface area contributed by atoms with Crippen LogP contribution in [0.3, 0.4) is 0 Å². The number of hydrogen-bond acceptors (Lipinski definition) is 6. The van der Waals surface area contributed by atoms with Gasteiger partial charge in [0.2, 0.25) is 5.91 Å². The fourth-order valence-corrected chi connectivity index (χ4v) is 5.02. The Hall–Kier alpha value is -2.16. The van der Waals surface area contributed by atoms with Crippen molar-refractivity contribution in [2.24, 2.45) is 0 Å². The lowest BCUT2D eigenvalue weighted by Gasteiger charge is -2.21. The number of para-hydroxylation sites is 1. The maximum Gasteiger partial charge on any atom is 0.228 e. The molecule has 0 fully saturated rings. The minimum absolute atomic E-state index is 0.0801. The van der Waals surface area contributed by atoms with E-state index in [9.17, 15) is 9.18 Å². The van der Waals surface area contributed by atoms with Gasteiger partial charge in [0.25, 0.3) is 0 Å². The summed E-state index contributed by atoms with van der Waals surface area (Å²) in [6.45, 7) is 1.53. The van der Waals surface area contributed by atoms with Crippen molar-refractivity contribution in [2.75, 3.05) is 44.9 Å². The number of benzene rings is 2. The monoisotopic (exact) mass is 461 g/mol. The summed E-state index contributed by atoms with van der Waals surface area (Å²) < 4.78 is 19.5. The Balaban J connectivity index is 1.66. The average molecular weight is 462 g/mol. The van der Waals surface area contributed by atoms with Gasteiger partial charge in [-0.2, -0.15) is 0 Å². The molecule has 1 amide bonds. The zero-order valence-corrected chi connectivity index (χ0v) is 19.8. The molecule has 1 aromatic heterocycles. The summed E-state index contributed by atoms with van der Waals surface area (Å²) in [5, 5.41) is 0.717. The molecule has 0 radical (unpaired) electrons. The van der Waals surface area contributed by atoms with Crippen LogP contribution < -0.4 is 9.64 Å². The Labute approximate surface area is 191 Å². The Morgan fingerprint density at radius 1 is 1.13 bits per heavy atom. The molecular weight excluding hydrogens is 433 g/mol. The SMILES string of the molecule is COc1cccc2sc(N(CCCN(C)C)C(=O)CCCSc3ccc(F)cc3)nc12. The van der Waals surface area contributed by atoms with Gasteiger partial charge in [0.1, 0.15) is 17.1 Å². The van der Waals surface area contributed by atoms with E-state index in [1.807, 2.05) is 37.2 Å². The molecule has 0 spiro atoms. The molecule has 0 bridgehead atoms. The number of hydrogen-bond donors (Lipinski definition) is 0. The summed E-state index contributed by atoms with van der Waals surface area (Å²) in [4.78, 5) is 22.8. The number of amides is 1. The number of nitrogens with zero attached hydrogens (tertiary/aromatic N) is 3. The first-order chi connectivity index (χ1) is 15.0. The van der Waals surface area contributed by atoms with Crippen molar-refractivity contribution in [2.45, 2.75) is 24.2 Å². The van der Waals surface area contributed by atoms with Crippen molar-refractivity contribution in [1.82, 2.24) is 9.88 Å². The first kappa shape index (κ1) is 23.5. The highest BCUT2D eigenvalue weighted by Crippen LogP contribution is 2.34. The summed E-state index contributed by atoms with van der Waals surface area (Å²) in [5.74, 6) is 1.37. The van der Waals surface area contributed by atoms with Crippen LogP contribution >= 0.6 is 23.1 Å². The van der Waals surface area contributed by atoms with E-state index in [0.29, 0.717) is 13.0 Å². The van der Waals surface area contributed by atoms with Crippen LogP contribution in [0.4, 0.5) is 9.52 Å². The molecule has 0 unspecified atom stereocenters. The molecule has 1 heterocycles. The van der Waals surface area contributed by atoms with E-state index >= 15 is 0 Å². The second kappa shape index (κ2) is 11.5. The fourth-order valence-electron chi connectivity index (χ4n) is 3.14. The van der Waals surface area contributed by atoms with Gasteiger partial charge < -0.3 is 9.64 Å². The van der Waals surface area contributed by atoms with E-state index in [0.717, 1.165) is 51.1 Å². The van der Waals surface area contributed by atoms with Crippen LogP contribution in [0.2, 0.25) is 0 Å². The average Bonchev–Trinajstić information content (AvgIpc) is 3.19. The number of carbonyl (C=O) groups is 1. The Morgan fingerprint density at radius 2 is 1.90 bits per heavy atom. The molecule has 31 heavy (non-hydrogen) atoms. The first-order valence-electron chi connectivity index (χ1n) is 10.2. The van der Waals surface area contributed by atoms with Gasteiger partial charge in [-0.25, -0.2) is 9.37 Å². The van der Waals surface area contributed by atoms with Crippen molar-refractivity contribution >= 4 is 44.4 Å². The number of thioether (sulfide) groups is 1. The van der Waals surface area contributed by atoms with Crippen LogP contribution in [0.1, 0.15) is 19.3 Å². The van der Waals surface area contributed by atoms with Crippen LogP contribution in [-0.2, 0) is 4.79 Å². The van der Waals surface area contributed by atoms with Crippen molar-refractivity contribution in [3.63, 3.8) is 0 Å². The van der Waals surface area contributed by atoms with Gasteiger partial charge in [0.15, 0.2) is 5.13 Å². The van der Waals surface area contributed by atoms with E-state index in [1.165, 1.54) is 23.5 Å². The smallest absolute Gasteiger partial charge is 0.228 e. The molecule has 0 saturated carbocycles. The normalized spacial score (nSPS) is 11.3. The number of halogens is 1. The zero-order valence-electron chi connectivity index (χ0n) is 18.1. The fraction of sp³-hybridized carbons (Fsp3) is 0.391. The number of fused-ring (bicyclic) bond motifs is 1. The molecule has 0 atom stereocenters. The largest absolute Gasteiger partial charge is 0.494 e. The van der Waals surface area contributed by atoms with Gasteiger partial charge in [0.05, 0.1) is 11.8 Å². The van der Waals surface area contributed by atoms with Gasteiger partial charge in [-0.15, -0.1) is 11.8 Å². The van der Waals surface area contributed by atoms with Crippen LogP contribution in [0, 0.1) is 5.82 Å². The number of aromatic nitrogens is 1. The topological polar surface area (TPSA) is 45.7 Å². The summed E-state index contributed by atoms with van der Waals surface area (Å²) in [7, 11) is 5.69. The third-order valence-corrected chi connectivity index (χ3v) is 6.87. The number of methoxy groups -OCH3 is 1. The predicted octanol–water partition coefficient (Wildman–Crippen LogP) is 5.30. The standard InChI is InChI=1S/C23H28FN3O2S2/c1-26(2)14-6-15-27(23-25-22-19(29-3)7-4-8-20(22)31-23)21(28)9-5-16-30-18-12-10-17(24)11-13-18/h4,7-8,10-13H,5-6,9,14-16H2,1-3H3. The highest BCUT2D eigenvalue weighted by Gasteiger charge is 2.20. The molecular formula is C23H28FN3O2S2. The molecule has 8 heteroatoms. The van der Waals surface area contributed by atoms with Gasteiger partial charge in [-0.1, -0.05) is 17.4 Å². The summed E-state index contributed by atoms with van der Waals surface area (Å²) in [6.07, 6.45) is 2.07. The van der Waals surface area contributed by atoms with E-state index in [1.54, 1.807) is 31.0 Å². The number of rotatable bonds is 11. The molecule has 0 aliphatic heterocycles. The number of carbonyl (C=O) groups excluding carboxylic acids is 1. The molecule has 0 saturated heterocycles. The lowest BCUT2D eigenvalue weighted by molar-refractivity contribution is -0.118. The third-order valence-electron chi connectivity index (χ3n) is 4.73. The van der Waals surface area contributed by atoms with Gasteiger partial charge in [0, 0.05) is 17.9 Å². The Kier molecular flexibility index (Phi) is 8.69. The van der Waals surface area contributed by atoms with Crippen molar-refractivity contribution < 1.29 is 13.9 Å². The molecule has 3 rings (SSSR count). The summed E-state index contributed by atoms with van der Waals surface area (Å²) in [6, 6.07) is 12.3. The summed E-state index contributed by atoms with van der Waals surface area (Å²) in [5.41, 5.74) is 0.794. The van der Waals surface area contributed by atoms with Gasteiger partial charge in [-0.05, 0) is 75.6 Å². The quantitative estimate of drug-likeness (QED) is 0.286. The Bertz CT molecular complexity index is 992. The number of ether oxygens (including phenoxy) is 1. The highest BCUT2D eigenvalue weighted by molar-refractivity contribution is 7.99. The lowest BCUT2D eigenvalue weighted by atomic mass is 10.3. The minimum Gasteiger partial charge on any atom is -0.494 e. The van der Waals surface area contributed by atoms with Crippen LogP contribution in [0.5, 0.6) is 5.75 Å².